The van der Waals surface area contributed by atoms with Crippen molar-refractivity contribution in [3.8, 4) is 0 Å². The standard InChI is InChI=1S/C14H24N3Si.Li/c1-17(2)12-11-15-14(16-18(3,4)5)13-9-7-6-8-10-13;/h6-10H,11-12H2,1-5H3;/q-1;+1. The van der Waals surface area contributed by atoms with Crippen LogP contribution in [0.5, 0.6) is 0 Å². The summed E-state index contributed by atoms with van der Waals surface area (Å²) >= 11 is 0. The molecule has 0 N–H and O–H groups in total. The molecule has 0 bridgehead atoms. The molecule has 3 nitrogen and oxygen atoms in total. The van der Waals surface area contributed by atoms with Gasteiger partial charge in [0.05, 0.1) is 0 Å². The predicted octanol–water partition coefficient (Wildman–Crippen LogP) is 0.207. The Balaban J connectivity index is 0.00000324. The minimum absolute atomic E-state index is 0. The van der Waals surface area contributed by atoms with Gasteiger partial charge in [-0.25, -0.2) is 0 Å². The maximum absolute atomic E-state index is 4.85. The van der Waals surface area contributed by atoms with Crippen molar-refractivity contribution < 1.29 is 18.9 Å². The molecule has 0 saturated carbocycles. The molecule has 0 aliphatic rings. The molecule has 0 atom stereocenters. The van der Waals surface area contributed by atoms with Crippen LogP contribution in [0.1, 0.15) is 5.56 Å². The fraction of sp³-hybridized carbons (Fsp3) is 0.500. The van der Waals surface area contributed by atoms with E-state index in [1.54, 1.807) is 0 Å². The first-order valence-electron chi connectivity index (χ1n) is 6.36. The molecule has 0 fully saturated rings. The number of benzene rings is 1. The summed E-state index contributed by atoms with van der Waals surface area (Å²) in [4.78, 5) is 11.6. The molecule has 0 spiro atoms. The average molecular weight is 269 g/mol. The third kappa shape index (κ3) is 8.28. The van der Waals surface area contributed by atoms with Gasteiger partial charge in [-0.15, -0.1) is 0 Å². The van der Waals surface area contributed by atoms with Crippen LogP contribution in [-0.4, -0.2) is 46.2 Å². The quantitative estimate of drug-likeness (QED) is 0.427. The zero-order chi connectivity index (χ0) is 13.6. The van der Waals surface area contributed by atoms with Crippen molar-refractivity contribution in [2.24, 2.45) is 4.99 Å². The van der Waals surface area contributed by atoms with Crippen LogP contribution in [-0.2, 0) is 0 Å². The minimum Gasteiger partial charge on any atom is -0.472 e. The van der Waals surface area contributed by atoms with Gasteiger partial charge in [0.1, 0.15) is 0 Å². The zero-order valence-corrected chi connectivity index (χ0v) is 14.1. The molecule has 0 radical (unpaired) electrons. The Hall–Kier alpha value is -0.536. The molecule has 100 valence electrons. The molecule has 0 heterocycles. The summed E-state index contributed by atoms with van der Waals surface area (Å²) in [6.07, 6.45) is 0. The van der Waals surface area contributed by atoms with E-state index in [2.05, 4.69) is 55.8 Å². The zero-order valence-electron chi connectivity index (χ0n) is 13.1. The van der Waals surface area contributed by atoms with Gasteiger partial charge < -0.3 is 14.9 Å². The molecular weight excluding hydrogens is 245 g/mol. The average Bonchev–Trinajstić information content (AvgIpc) is 2.27. The van der Waals surface area contributed by atoms with Crippen LogP contribution in [0.15, 0.2) is 35.3 Å². The fourth-order valence-electron chi connectivity index (χ4n) is 1.45. The SMILES string of the molecule is CN(C)CCN=C([N-][Si](C)(C)C)c1ccccc1.[Li+]. The first-order valence-corrected chi connectivity index (χ1v) is 9.81. The summed E-state index contributed by atoms with van der Waals surface area (Å²) in [5.74, 6) is 0.914. The third-order valence-corrected chi connectivity index (χ3v) is 3.16. The maximum Gasteiger partial charge on any atom is 1.00 e. The van der Waals surface area contributed by atoms with Crippen LogP contribution in [0.25, 0.3) is 4.98 Å². The van der Waals surface area contributed by atoms with E-state index in [1.165, 1.54) is 0 Å². The van der Waals surface area contributed by atoms with Gasteiger partial charge in [0.2, 0.25) is 0 Å². The van der Waals surface area contributed by atoms with E-state index in [1.807, 2.05) is 18.2 Å². The summed E-state index contributed by atoms with van der Waals surface area (Å²) in [5.41, 5.74) is 1.12. The van der Waals surface area contributed by atoms with E-state index in [0.29, 0.717) is 0 Å². The van der Waals surface area contributed by atoms with Gasteiger partial charge in [0, 0.05) is 8.24 Å². The van der Waals surface area contributed by atoms with Crippen molar-refractivity contribution in [3.05, 3.63) is 40.9 Å². The van der Waals surface area contributed by atoms with Crippen LogP contribution in [0.4, 0.5) is 0 Å². The van der Waals surface area contributed by atoms with E-state index in [-0.39, 0.29) is 18.9 Å². The molecule has 1 aromatic carbocycles. The van der Waals surface area contributed by atoms with E-state index >= 15 is 0 Å². The van der Waals surface area contributed by atoms with Crippen molar-refractivity contribution in [2.75, 3.05) is 27.2 Å². The second-order valence-electron chi connectivity index (χ2n) is 5.66. The first-order chi connectivity index (χ1) is 8.38. The molecule has 0 unspecified atom stereocenters. The number of hydrogen-bond acceptors (Lipinski definition) is 2. The van der Waals surface area contributed by atoms with Crippen molar-refractivity contribution in [2.45, 2.75) is 19.6 Å². The first kappa shape index (κ1) is 18.5. The Labute approximate surface area is 130 Å². The molecule has 0 amide bonds. The molecule has 0 aromatic heterocycles. The number of rotatable bonds is 5. The molecule has 5 heteroatoms. The second-order valence-corrected chi connectivity index (χ2v) is 10.2. The number of nitrogens with zero attached hydrogens (tertiary/aromatic N) is 3. The molecule has 0 aliphatic heterocycles. The van der Waals surface area contributed by atoms with Crippen LogP contribution in [0.2, 0.25) is 19.6 Å². The van der Waals surface area contributed by atoms with Gasteiger partial charge in [-0.2, -0.15) is 0 Å². The number of amidine groups is 1. The summed E-state index contributed by atoms with van der Waals surface area (Å²) < 4.78 is 0. The van der Waals surface area contributed by atoms with Crippen molar-refractivity contribution >= 4 is 14.1 Å². The summed E-state index contributed by atoms with van der Waals surface area (Å²) in [6.45, 7) is 8.45. The van der Waals surface area contributed by atoms with Crippen LogP contribution in [0.3, 0.4) is 0 Å². The Kier molecular flexibility index (Phi) is 8.36. The number of likely N-dealkylation sites (N-methyl/N-ethyl adjacent to an activating group) is 1. The van der Waals surface area contributed by atoms with Gasteiger partial charge in [0.15, 0.2) is 0 Å². The summed E-state index contributed by atoms with van der Waals surface area (Å²) in [6, 6.07) is 10.3. The minimum atomic E-state index is -1.50. The predicted molar refractivity (Wildman–Crippen MR) is 83.1 cm³/mol. The van der Waals surface area contributed by atoms with Gasteiger partial charge in [-0.1, -0.05) is 55.8 Å². The van der Waals surface area contributed by atoms with E-state index in [0.717, 1.165) is 24.5 Å². The van der Waals surface area contributed by atoms with Crippen LogP contribution < -0.4 is 18.9 Å². The van der Waals surface area contributed by atoms with Crippen LogP contribution >= 0.6 is 0 Å². The Morgan fingerprint density at radius 3 is 2.21 bits per heavy atom. The van der Waals surface area contributed by atoms with Crippen molar-refractivity contribution in [1.29, 1.82) is 0 Å². The largest absolute Gasteiger partial charge is 1.00 e. The third-order valence-electron chi connectivity index (χ3n) is 2.28. The fourth-order valence-corrected chi connectivity index (χ4v) is 2.29. The van der Waals surface area contributed by atoms with E-state index in [4.69, 9.17) is 4.98 Å². The topological polar surface area (TPSA) is 29.7 Å². The molecule has 19 heavy (non-hydrogen) atoms. The summed E-state index contributed by atoms with van der Waals surface area (Å²) in [7, 11) is 2.63. The van der Waals surface area contributed by atoms with Gasteiger partial charge >= 0.3 is 18.9 Å². The van der Waals surface area contributed by atoms with Gasteiger partial charge in [-0.05, 0) is 32.7 Å². The molecular formula is C14H24LiN3Si. The number of aliphatic imine (C=N–C) groups is 1. The Morgan fingerprint density at radius 2 is 1.74 bits per heavy atom. The Morgan fingerprint density at radius 1 is 1.16 bits per heavy atom. The van der Waals surface area contributed by atoms with Crippen LogP contribution in [0, 0.1) is 0 Å². The summed E-state index contributed by atoms with van der Waals surface area (Å²) in [5, 5.41) is 0. The molecule has 1 rings (SSSR count). The normalized spacial score (nSPS) is 12.2. The smallest absolute Gasteiger partial charge is 0.472 e. The molecule has 1 aromatic rings. The van der Waals surface area contributed by atoms with Gasteiger partial charge in [-0.3, -0.25) is 0 Å². The van der Waals surface area contributed by atoms with E-state index in [9.17, 15) is 0 Å². The number of hydrogen-bond donors (Lipinski definition) is 0. The maximum atomic E-state index is 4.85. The van der Waals surface area contributed by atoms with Crippen molar-refractivity contribution in [1.82, 2.24) is 4.90 Å². The van der Waals surface area contributed by atoms with Gasteiger partial charge in [0.25, 0.3) is 0 Å². The second kappa shape index (κ2) is 8.60. The van der Waals surface area contributed by atoms with E-state index < -0.39 is 8.24 Å². The van der Waals surface area contributed by atoms with Crippen molar-refractivity contribution in [3.63, 3.8) is 0 Å². The molecule has 0 aliphatic carbocycles. The Bertz CT molecular complexity index is 385. The monoisotopic (exact) mass is 269 g/mol. The molecule has 0 saturated heterocycles.